The molecule has 0 aliphatic carbocycles. The largest absolute Gasteiger partial charge is 0.388 e. The van der Waals surface area contributed by atoms with Crippen molar-refractivity contribution in [1.29, 1.82) is 0 Å². The van der Waals surface area contributed by atoms with Crippen LogP contribution < -0.4 is 16.2 Å². The summed E-state index contributed by atoms with van der Waals surface area (Å²) in [7, 11) is 3.83. The Morgan fingerprint density at radius 2 is 2.07 bits per heavy atom. The molecule has 2 aromatic rings. The molecule has 0 atom stereocenters. The fraction of sp³-hybridized carbons (Fsp3) is 0.526. The second-order valence-corrected chi connectivity index (χ2v) is 7.49. The molecule has 8 nitrogen and oxygen atoms in total. The summed E-state index contributed by atoms with van der Waals surface area (Å²) in [5.74, 6) is -0.0791. The highest BCUT2D eigenvalue weighted by atomic mass is 35.5. The summed E-state index contributed by atoms with van der Waals surface area (Å²) >= 11 is 0. The lowest BCUT2D eigenvalue weighted by Gasteiger charge is -2.32. The number of anilines is 1. The second kappa shape index (κ2) is 9.47. The van der Waals surface area contributed by atoms with Gasteiger partial charge in [-0.2, -0.15) is 0 Å². The zero-order valence-electron chi connectivity index (χ0n) is 16.3. The van der Waals surface area contributed by atoms with Crippen LogP contribution in [-0.4, -0.2) is 64.8 Å². The number of hydrogen-bond acceptors (Lipinski definition) is 6. The van der Waals surface area contributed by atoms with Crippen LogP contribution in [0.4, 0.5) is 5.69 Å². The summed E-state index contributed by atoms with van der Waals surface area (Å²) in [6.45, 7) is 2.38. The number of aromatic nitrogens is 2. The van der Waals surface area contributed by atoms with Crippen LogP contribution in [0.15, 0.2) is 29.3 Å². The molecule has 1 aliphatic heterocycles. The Hall–Kier alpha value is -2.00. The first-order chi connectivity index (χ1) is 12.9. The molecule has 1 saturated heterocycles. The van der Waals surface area contributed by atoms with Crippen LogP contribution in [-0.2, 0) is 11.3 Å². The lowest BCUT2D eigenvalue weighted by molar-refractivity contribution is -0.116. The number of fused-ring (bicyclic) bond motifs is 1. The van der Waals surface area contributed by atoms with Crippen LogP contribution in [0.25, 0.3) is 10.9 Å². The normalized spacial score (nSPS) is 16.0. The fourth-order valence-corrected chi connectivity index (χ4v) is 3.26. The van der Waals surface area contributed by atoms with Crippen molar-refractivity contribution in [1.82, 2.24) is 19.8 Å². The van der Waals surface area contributed by atoms with Gasteiger partial charge in [0.1, 0.15) is 0 Å². The number of nitrogens with zero attached hydrogens (tertiary/aromatic N) is 3. The van der Waals surface area contributed by atoms with Crippen LogP contribution in [0.3, 0.4) is 0 Å². The Labute approximate surface area is 170 Å². The molecule has 9 heteroatoms. The molecule has 1 aromatic heterocycles. The molecule has 1 amide bonds. The summed E-state index contributed by atoms with van der Waals surface area (Å²) in [6, 6.07) is 5.09. The van der Waals surface area contributed by atoms with Crippen LogP contribution >= 0.6 is 12.4 Å². The van der Waals surface area contributed by atoms with Gasteiger partial charge in [-0.1, -0.05) is 0 Å². The molecule has 154 valence electrons. The van der Waals surface area contributed by atoms with Crippen LogP contribution in [0.5, 0.6) is 0 Å². The van der Waals surface area contributed by atoms with Crippen molar-refractivity contribution < 1.29 is 9.90 Å². The molecule has 2 heterocycles. The number of amides is 1. The first-order valence-electron chi connectivity index (χ1n) is 9.23. The van der Waals surface area contributed by atoms with Crippen LogP contribution in [0.1, 0.15) is 19.3 Å². The van der Waals surface area contributed by atoms with Gasteiger partial charge in [-0.25, -0.2) is 4.98 Å². The smallest absolute Gasteiger partial charge is 0.261 e. The first-order valence-corrected chi connectivity index (χ1v) is 9.23. The number of carbonyl (C=O) groups is 1. The summed E-state index contributed by atoms with van der Waals surface area (Å²) in [5.41, 5.74) is 0.0782. The number of aliphatic hydroxyl groups is 1. The summed E-state index contributed by atoms with van der Waals surface area (Å²) < 4.78 is 1.48. The first kappa shape index (κ1) is 22.3. The van der Waals surface area contributed by atoms with E-state index < -0.39 is 5.60 Å². The van der Waals surface area contributed by atoms with Crippen molar-refractivity contribution in [2.24, 2.45) is 0 Å². The van der Waals surface area contributed by atoms with Crippen molar-refractivity contribution in [2.45, 2.75) is 31.4 Å². The Bertz CT molecular complexity index is 877. The van der Waals surface area contributed by atoms with E-state index in [1.54, 1.807) is 18.2 Å². The van der Waals surface area contributed by atoms with Crippen molar-refractivity contribution in [3.05, 3.63) is 34.9 Å². The zero-order valence-corrected chi connectivity index (χ0v) is 17.1. The molecular weight excluding hydrogens is 382 g/mol. The number of rotatable bonds is 6. The number of benzene rings is 1. The molecule has 0 radical (unpaired) electrons. The summed E-state index contributed by atoms with van der Waals surface area (Å²) in [6.07, 6.45) is 3.08. The van der Waals surface area contributed by atoms with E-state index >= 15 is 0 Å². The molecule has 1 aromatic carbocycles. The number of carbonyl (C=O) groups excluding carboxylic acids is 1. The van der Waals surface area contributed by atoms with E-state index in [1.807, 2.05) is 19.0 Å². The van der Waals surface area contributed by atoms with Gasteiger partial charge in [-0.15, -0.1) is 12.4 Å². The van der Waals surface area contributed by atoms with Gasteiger partial charge in [0.25, 0.3) is 5.56 Å². The topological polar surface area (TPSA) is 99.5 Å². The van der Waals surface area contributed by atoms with E-state index in [9.17, 15) is 14.7 Å². The molecule has 1 fully saturated rings. The molecule has 1 aliphatic rings. The maximum Gasteiger partial charge on any atom is 0.261 e. The van der Waals surface area contributed by atoms with Crippen LogP contribution in [0.2, 0.25) is 0 Å². The Morgan fingerprint density at radius 1 is 1.36 bits per heavy atom. The average Bonchev–Trinajstić information content (AvgIpc) is 2.63. The number of hydrogen-bond donors (Lipinski definition) is 3. The van der Waals surface area contributed by atoms with E-state index in [1.165, 1.54) is 10.9 Å². The third kappa shape index (κ3) is 5.51. The minimum atomic E-state index is -0.884. The Balaban J connectivity index is 0.00000280. The Kier molecular flexibility index (Phi) is 7.54. The summed E-state index contributed by atoms with van der Waals surface area (Å²) in [5, 5.41) is 17.2. The van der Waals surface area contributed by atoms with Gasteiger partial charge in [0.05, 0.1) is 29.4 Å². The molecule has 0 saturated carbocycles. The van der Waals surface area contributed by atoms with E-state index in [4.69, 9.17) is 0 Å². The Morgan fingerprint density at radius 3 is 2.75 bits per heavy atom. The van der Waals surface area contributed by atoms with Gasteiger partial charge < -0.3 is 20.6 Å². The molecule has 3 rings (SSSR count). The molecule has 0 unspecified atom stereocenters. The lowest BCUT2D eigenvalue weighted by atomic mass is 9.92. The number of piperidine rings is 1. The number of nitrogens with one attached hydrogen (secondary N) is 2. The zero-order chi connectivity index (χ0) is 19.4. The van der Waals surface area contributed by atoms with E-state index in [0.29, 0.717) is 42.4 Å². The molecule has 0 bridgehead atoms. The van der Waals surface area contributed by atoms with Gasteiger partial charge in [0, 0.05) is 18.7 Å². The third-order valence-corrected chi connectivity index (χ3v) is 4.89. The lowest BCUT2D eigenvalue weighted by Crippen LogP contribution is -2.46. The fourth-order valence-electron chi connectivity index (χ4n) is 3.26. The van der Waals surface area contributed by atoms with Gasteiger partial charge in [-0.3, -0.25) is 14.2 Å². The van der Waals surface area contributed by atoms with Gasteiger partial charge in [-0.05, 0) is 58.2 Å². The minimum absolute atomic E-state index is 0. The predicted octanol–water partition coefficient (Wildman–Crippen LogP) is 0.823. The van der Waals surface area contributed by atoms with E-state index in [0.717, 1.165) is 13.1 Å². The van der Waals surface area contributed by atoms with Crippen molar-refractivity contribution in [3.8, 4) is 0 Å². The standard InChI is InChI=1S/C19H27N5O3.ClH/c1-23(2)10-5-17(25)22-14-3-4-15-16(11-14)21-13-24(18(15)26)12-19(27)6-8-20-9-7-19;/h3-4,11,13,20,27H,5-10,12H2,1-2H3,(H,22,25);1H. The van der Waals surface area contributed by atoms with Gasteiger partial charge in [0.2, 0.25) is 5.91 Å². The molecule has 28 heavy (non-hydrogen) atoms. The van der Waals surface area contributed by atoms with Gasteiger partial charge in [0.15, 0.2) is 0 Å². The highest BCUT2D eigenvalue weighted by Gasteiger charge is 2.30. The number of halogens is 1. The average molecular weight is 410 g/mol. The maximum atomic E-state index is 12.8. The second-order valence-electron chi connectivity index (χ2n) is 7.49. The monoisotopic (exact) mass is 409 g/mol. The highest BCUT2D eigenvalue weighted by molar-refractivity contribution is 5.93. The maximum absolute atomic E-state index is 12.8. The predicted molar refractivity (Wildman–Crippen MR) is 112 cm³/mol. The molecule has 0 spiro atoms. The highest BCUT2D eigenvalue weighted by Crippen LogP contribution is 2.20. The molecular formula is C19H28ClN5O3. The quantitative estimate of drug-likeness (QED) is 0.653. The van der Waals surface area contributed by atoms with Crippen molar-refractivity contribution in [3.63, 3.8) is 0 Å². The minimum Gasteiger partial charge on any atom is -0.388 e. The van der Waals surface area contributed by atoms with Crippen molar-refractivity contribution in [2.75, 3.05) is 39.0 Å². The van der Waals surface area contributed by atoms with E-state index in [2.05, 4.69) is 15.6 Å². The molecule has 3 N–H and O–H groups in total. The van der Waals surface area contributed by atoms with Crippen LogP contribution in [0, 0.1) is 0 Å². The van der Waals surface area contributed by atoms with E-state index in [-0.39, 0.29) is 30.4 Å². The van der Waals surface area contributed by atoms with Crippen molar-refractivity contribution >= 4 is 34.9 Å². The third-order valence-electron chi connectivity index (χ3n) is 4.89. The SMILES string of the molecule is CN(C)CCC(=O)Nc1ccc2c(=O)n(CC3(O)CCNCC3)cnc2c1.Cl. The van der Waals surface area contributed by atoms with Gasteiger partial charge >= 0.3 is 0 Å². The summed E-state index contributed by atoms with van der Waals surface area (Å²) in [4.78, 5) is 31.0.